The van der Waals surface area contributed by atoms with Gasteiger partial charge in [0.15, 0.2) is 5.69 Å². The van der Waals surface area contributed by atoms with E-state index in [9.17, 15) is 9.59 Å². The normalized spacial score (nSPS) is 32.6. The van der Waals surface area contributed by atoms with Gasteiger partial charge in [0.1, 0.15) is 0 Å². The molecule has 142 valence electrons. The van der Waals surface area contributed by atoms with Crippen molar-refractivity contribution in [3.8, 4) is 0 Å². The number of nitrogens with zero attached hydrogens (tertiary/aromatic N) is 3. The van der Waals surface area contributed by atoms with Crippen LogP contribution >= 0.6 is 0 Å². The third-order valence-electron chi connectivity index (χ3n) is 5.99. The molecule has 2 amide bonds. The third kappa shape index (κ3) is 3.47. The second-order valence-electron chi connectivity index (χ2n) is 8.73. The maximum Gasteiger partial charge on any atom is 0.276 e. The largest absolute Gasteiger partial charge is 0.377 e. The molecular formula is C18H27N5O3. The van der Waals surface area contributed by atoms with Gasteiger partial charge in [-0.3, -0.25) is 9.59 Å². The molecule has 1 aromatic rings. The number of ether oxygens (including phenoxy) is 1. The Labute approximate surface area is 153 Å². The summed E-state index contributed by atoms with van der Waals surface area (Å²) in [5, 5.41) is 13.2. The molecule has 4 rings (SSSR count). The summed E-state index contributed by atoms with van der Waals surface area (Å²) in [4.78, 5) is 26.9. The highest BCUT2D eigenvalue weighted by molar-refractivity contribution is 5.92. The Morgan fingerprint density at radius 3 is 2.92 bits per heavy atom. The van der Waals surface area contributed by atoms with Gasteiger partial charge in [0, 0.05) is 12.6 Å². The van der Waals surface area contributed by atoms with E-state index in [2.05, 4.69) is 34.6 Å². The molecule has 3 aliphatic rings. The van der Waals surface area contributed by atoms with E-state index in [1.54, 1.807) is 0 Å². The number of aromatic amines is 1. The first kappa shape index (κ1) is 17.5. The SMILES string of the molecule is CC1(C)CCC(CC(=O)N[C@@H]2C[C@@H]3C[C@H]2N(C(=O)c2cn[nH]n2)C3)OC1. The predicted molar refractivity (Wildman–Crippen MR) is 93.2 cm³/mol. The zero-order valence-electron chi connectivity index (χ0n) is 15.4. The molecule has 8 heteroatoms. The zero-order valence-corrected chi connectivity index (χ0v) is 15.4. The number of nitrogens with one attached hydrogen (secondary N) is 2. The van der Waals surface area contributed by atoms with Gasteiger partial charge in [-0.2, -0.15) is 15.4 Å². The molecule has 1 saturated carbocycles. The Morgan fingerprint density at radius 2 is 2.27 bits per heavy atom. The van der Waals surface area contributed by atoms with Crippen LogP contribution in [0, 0.1) is 11.3 Å². The topological polar surface area (TPSA) is 100 Å². The molecule has 1 aromatic heterocycles. The number of fused-ring (bicyclic) bond motifs is 2. The number of carbonyl (C=O) groups excluding carboxylic acids is 2. The zero-order chi connectivity index (χ0) is 18.3. The number of hydrogen-bond acceptors (Lipinski definition) is 5. The standard InChI is InChI=1S/C18H27N5O3/c1-18(2)4-3-12(26-10-18)7-16(24)20-13-5-11-6-15(13)23(9-11)17(25)14-8-19-22-21-14/h8,11-13,15H,3-7,9-10H2,1-2H3,(H,20,24)(H,19,21,22)/t11-,12?,13-,15-/m1/s1. The van der Waals surface area contributed by atoms with Gasteiger partial charge in [-0.1, -0.05) is 13.8 Å². The van der Waals surface area contributed by atoms with Gasteiger partial charge >= 0.3 is 0 Å². The lowest BCUT2D eigenvalue weighted by atomic mass is 9.85. The minimum absolute atomic E-state index is 0.00878. The Hall–Kier alpha value is -1.96. The van der Waals surface area contributed by atoms with Crippen LogP contribution in [-0.2, 0) is 9.53 Å². The summed E-state index contributed by atoms with van der Waals surface area (Å²) in [6.07, 6.45) is 5.76. The molecule has 2 aliphatic heterocycles. The van der Waals surface area contributed by atoms with Crippen molar-refractivity contribution in [1.29, 1.82) is 0 Å². The van der Waals surface area contributed by atoms with Crippen molar-refractivity contribution in [2.24, 2.45) is 11.3 Å². The number of amides is 2. The summed E-state index contributed by atoms with van der Waals surface area (Å²) < 4.78 is 5.85. The molecule has 2 bridgehead atoms. The van der Waals surface area contributed by atoms with Gasteiger partial charge in [-0.15, -0.1) is 0 Å². The summed E-state index contributed by atoms with van der Waals surface area (Å²) in [7, 11) is 0. The van der Waals surface area contributed by atoms with E-state index in [1.165, 1.54) is 6.20 Å². The van der Waals surface area contributed by atoms with Crippen molar-refractivity contribution in [2.45, 2.75) is 64.1 Å². The molecule has 26 heavy (non-hydrogen) atoms. The van der Waals surface area contributed by atoms with E-state index in [4.69, 9.17) is 4.74 Å². The maximum absolute atomic E-state index is 12.6. The average Bonchev–Trinajstić information content (AvgIpc) is 3.32. The van der Waals surface area contributed by atoms with Crippen molar-refractivity contribution in [3.05, 3.63) is 11.9 Å². The third-order valence-corrected chi connectivity index (χ3v) is 5.99. The molecule has 8 nitrogen and oxygen atoms in total. The quantitative estimate of drug-likeness (QED) is 0.837. The number of piperidine rings is 1. The highest BCUT2D eigenvalue weighted by Gasteiger charge is 2.48. The molecule has 2 N–H and O–H groups in total. The first-order valence-electron chi connectivity index (χ1n) is 9.49. The van der Waals surface area contributed by atoms with Crippen LogP contribution in [0.25, 0.3) is 0 Å². The van der Waals surface area contributed by atoms with Crippen LogP contribution in [0.15, 0.2) is 6.20 Å². The van der Waals surface area contributed by atoms with Crippen molar-refractivity contribution >= 4 is 11.8 Å². The molecule has 0 aromatic carbocycles. The van der Waals surface area contributed by atoms with Crippen molar-refractivity contribution < 1.29 is 14.3 Å². The van der Waals surface area contributed by atoms with Gasteiger partial charge < -0.3 is 15.0 Å². The second-order valence-corrected chi connectivity index (χ2v) is 8.73. The number of rotatable bonds is 4. The molecule has 1 aliphatic carbocycles. The Bertz CT molecular complexity index is 664. The number of carbonyl (C=O) groups is 2. The van der Waals surface area contributed by atoms with Gasteiger partial charge in [0.25, 0.3) is 5.91 Å². The molecule has 0 radical (unpaired) electrons. The molecule has 0 spiro atoms. The average molecular weight is 361 g/mol. The lowest BCUT2D eigenvalue weighted by Gasteiger charge is -2.35. The maximum atomic E-state index is 12.6. The molecule has 1 unspecified atom stereocenters. The smallest absolute Gasteiger partial charge is 0.276 e. The van der Waals surface area contributed by atoms with Crippen LogP contribution in [-0.4, -0.2) is 63.5 Å². The highest BCUT2D eigenvalue weighted by Crippen LogP contribution is 2.38. The summed E-state index contributed by atoms with van der Waals surface area (Å²) in [6, 6.07) is 0.0801. The summed E-state index contributed by atoms with van der Waals surface area (Å²) in [6.45, 7) is 5.83. The number of aromatic nitrogens is 3. The van der Waals surface area contributed by atoms with Crippen molar-refractivity contribution in [1.82, 2.24) is 25.6 Å². The summed E-state index contributed by atoms with van der Waals surface area (Å²) in [5.41, 5.74) is 0.542. The Morgan fingerprint density at radius 1 is 1.42 bits per heavy atom. The van der Waals surface area contributed by atoms with E-state index in [1.807, 2.05) is 4.90 Å². The Balaban J connectivity index is 1.31. The van der Waals surface area contributed by atoms with E-state index in [0.29, 0.717) is 24.6 Å². The van der Waals surface area contributed by atoms with Crippen LogP contribution in [0.2, 0.25) is 0 Å². The number of H-pyrrole nitrogens is 1. The molecular weight excluding hydrogens is 334 g/mol. The van der Waals surface area contributed by atoms with Gasteiger partial charge in [-0.05, 0) is 37.0 Å². The van der Waals surface area contributed by atoms with E-state index < -0.39 is 0 Å². The first-order chi connectivity index (χ1) is 12.4. The fourth-order valence-electron chi connectivity index (χ4n) is 4.55. The lowest BCUT2D eigenvalue weighted by Crippen LogP contribution is -2.52. The monoisotopic (exact) mass is 361 g/mol. The van der Waals surface area contributed by atoms with Crippen molar-refractivity contribution in [3.63, 3.8) is 0 Å². The van der Waals surface area contributed by atoms with E-state index in [-0.39, 0.29) is 35.4 Å². The minimum Gasteiger partial charge on any atom is -0.377 e. The molecule has 4 atom stereocenters. The van der Waals surface area contributed by atoms with Crippen LogP contribution < -0.4 is 5.32 Å². The molecule has 3 fully saturated rings. The van der Waals surface area contributed by atoms with Crippen LogP contribution in [0.5, 0.6) is 0 Å². The second kappa shape index (κ2) is 6.64. The Kier molecular flexibility index (Phi) is 4.46. The summed E-state index contributed by atoms with van der Waals surface area (Å²) in [5.74, 6) is 0.372. The summed E-state index contributed by atoms with van der Waals surface area (Å²) >= 11 is 0. The van der Waals surface area contributed by atoms with Crippen LogP contribution in [0.1, 0.15) is 56.4 Å². The predicted octanol–water partition coefficient (Wildman–Crippen LogP) is 1.12. The lowest BCUT2D eigenvalue weighted by molar-refractivity contribution is -0.128. The molecule has 3 heterocycles. The fraction of sp³-hybridized carbons (Fsp3) is 0.778. The molecule has 2 saturated heterocycles. The van der Waals surface area contributed by atoms with Crippen LogP contribution in [0.3, 0.4) is 0 Å². The van der Waals surface area contributed by atoms with E-state index in [0.717, 1.165) is 32.2 Å². The van der Waals surface area contributed by atoms with Gasteiger partial charge in [-0.25, -0.2) is 0 Å². The van der Waals surface area contributed by atoms with Crippen LogP contribution in [0.4, 0.5) is 0 Å². The fourth-order valence-corrected chi connectivity index (χ4v) is 4.55. The van der Waals surface area contributed by atoms with E-state index >= 15 is 0 Å². The first-order valence-corrected chi connectivity index (χ1v) is 9.49. The minimum atomic E-state index is -0.108. The number of hydrogen-bond donors (Lipinski definition) is 2. The van der Waals surface area contributed by atoms with Crippen molar-refractivity contribution in [2.75, 3.05) is 13.2 Å². The van der Waals surface area contributed by atoms with Gasteiger partial charge in [0.2, 0.25) is 5.91 Å². The highest BCUT2D eigenvalue weighted by atomic mass is 16.5. The van der Waals surface area contributed by atoms with Gasteiger partial charge in [0.05, 0.1) is 31.4 Å². The number of likely N-dealkylation sites (tertiary alicyclic amines) is 1.